The fourth-order valence-electron chi connectivity index (χ4n) is 1.70. The Morgan fingerprint density at radius 1 is 1.14 bits per heavy atom. The summed E-state index contributed by atoms with van der Waals surface area (Å²) in [5.74, 6) is 0.670. The first-order valence-electron chi connectivity index (χ1n) is 6.61. The fraction of sp³-hybridized carbons (Fsp3) is 0.267. The zero-order chi connectivity index (χ0) is 15.8. The van der Waals surface area contributed by atoms with Gasteiger partial charge in [-0.05, 0) is 30.3 Å². The summed E-state index contributed by atoms with van der Waals surface area (Å²) in [6.07, 6.45) is 1.24. The lowest BCUT2D eigenvalue weighted by Crippen LogP contribution is -2.07. The Hall–Kier alpha value is -2.51. The minimum absolute atomic E-state index is 0.0306. The molecule has 0 saturated heterocycles. The van der Waals surface area contributed by atoms with Gasteiger partial charge in [0.2, 0.25) is 0 Å². The number of nitro groups is 1. The molecule has 0 aliphatic rings. The van der Waals surface area contributed by atoms with Gasteiger partial charge in [-0.3, -0.25) is 10.1 Å². The second-order valence-corrected chi connectivity index (χ2v) is 4.35. The number of hydrogen-bond donors (Lipinski definition) is 0. The first-order chi connectivity index (χ1) is 10.7. The summed E-state index contributed by atoms with van der Waals surface area (Å²) in [4.78, 5) is 14.2. The molecule has 0 aliphatic carbocycles. The predicted octanol–water partition coefficient (Wildman–Crippen LogP) is 2.66. The van der Waals surface area contributed by atoms with E-state index in [4.69, 9.17) is 14.2 Å². The van der Waals surface area contributed by atoms with Crippen molar-refractivity contribution in [2.75, 3.05) is 27.1 Å². The summed E-state index contributed by atoms with van der Waals surface area (Å²) in [5.41, 5.74) is 1.48. The average molecular weight is 304 g/mol. The quantitative estimate of drug-likeness (QED) is 0.323. The lowest BCUT2D eigenvalue weighted by molar-refractivity contribution is -0.385. The van der Waals surface area contributed by atoms with E-state index in [9.17, 15) is 10.1 Å². The van der Waals surface area contributed by atoms with E-state index in [-0.39, 0.29) is 12.5 Å². The zero-order valence-corrected chi connectivity index (χ0v) is 12.1. The second-order valence-electron chi connectivity index (χ2n) is 4.35. The first-order valence-corrected chi connectivity index (χ1v) is 6.61. The van der Waals surface area contributed by atoms with Crippen LogP contribution in [0.25, 0.3) is 11.3 Å². The summed E-state index contributed by atoms with van der Waals surface area (Å²) in [5, 5.41) is 10.6. The van der Waals surface area contributed by atoms with Crippen molar-refractivity contribution >= 4 is 5.69 Å². The van der Waals surface area contributed by atoms with E-state index < -0.39 is 4.92 Å². The van der Waals surface area contributed by atoms with Crippen molar-refractivity contribution in [2.45, 2.75) is 0 Å². The molecule has 7 heteroatoms. The highest BCUT2D eigenvalue weighted by Crippen LogP contribution is 2.22. The minimum atomic E-state index is -0.475. The van der Waals surface area contributed by atoms with Gasteiger partial charge in [-0.2, -0.15) is 0 Å². The molecule has 0 aliphatic heterocycles. The third-order valence-electron chi connectivity index (χ3n) is 2.85. The van der Waals surface area contributed by atoms with E-state index in [1.54, 1.807) is 25.3 Å². The van der Waals surface area contributed by atoms with Gasteiger partial charge in [0.05, 0.1) is 23.8 Å². The molecule has 7 nitrogen and oxygen atoms in total. The molecule has 1 aromatic carbocycles. The van der Waals surface area contributed by atoms with Crippen LogP contribution in [-0.4, -0.2) is 37.0 Å². The van der Waals surface area contributed by atoms with Crippen molar-refractivity contribution in [1.29, 1.82) is 0 Å². The number of benzene rings is 1. The summed E-state index contributed by atoms with van der Waals surface area (Å²) in [6, 6.07) is 10.3. The fourth-order valence-corrected chi connectivity index (χ4v) is 1.70. The minimum Gasteiger partial charge on any atom is -0.468 e. The van der Waals surface area contributed by atoms with Gasteiger partial charge in [-0.1, -0.05) is 0 Å². The Labute approximate surface area is 127 Å². The van der Waals surface area contributed by atoms with Crippen LogP contribution in [0, 0.1) is 10.1 Å². The topological polar surface area (TPSA) is 83.7 Å². The smallest absolute Gasteiger partial charge is 0.287 e. The first kappa shape index (κ1) is 15.9. The van der Waals surface area contributed by atoms with Crippen molar-refractivity contribution in [3.8, 4) is 17.0 Å². The molecule has 0 radical (unpaired) electrons. The molecule has 1 aromatic heterocycles. The van der Waals surface area contributed by atoms with Crippen molar-refractivity contribution in [3.05, 3.63) is 52.7 Å². The Balaban J connectivity index is 1.92. The molecule has 0 amide bonds. The van der Waals surface area contributed by atoms with Crippen molar-refractivity contribution in [2.24, 2.45) is 0 Å². The maximum absolute atomic E-state index is 10.6. The lowest BCUT2D eigenvalue weighted by Gasteiger charge is -2.07. The summed E-state index contributed by atoms with van der Waals surface area (Å²) in [6.45, 7) is 1.15. The number of pyridine rings is 1. The molecule has 116 valence electrons. The van der Waals surface area contributed by atoms with Crippen molar-refractivity contribution < 1.29 is 19.1 Å². The highest BCUT2D eigenvalue weighted by Gasteiger charge is 2.06. The van der Waals surface area contributed by atoms with Gasteiger partial charge in [0.25, 0.3) is 5.69 Å². The van der Waals surface area contributed by atoms with E-state index in [0.717, 1.165) is 5.56 Å². The van der Waals surface area contributed by atoms with E-state index in [0.29, 0.717) is 24.7 Å². The van der Waals surface area contributed by atoms with E-state index in [1.165, 1.54) is 12.3 Å². The standard InChI is InChI=1S/C15H16N2O5/c1-20-8-9-21-11-22-14-5-2-12(3-6-14)15-7-4-13(10-16-15)17(18)19/h2-7,10H,8-9,11H2,1H3. The Bertz CT molecular complexity index is 598. The maximum atomic E-state index is 10.6. The van der Waals surface area contributed by atoms with Crippen LogP contribution >= 0.6 is 0 Å². The highest BCUT2D eigenvalue weighted by molar-refractivity contribution is 5.60. The molecule has 0 bridgehead atoms. The zero-order valence-electron chi connectivity index (χ0n) is 12.1. The summed E-state index contributed by atoms with van der Waals surface area (Å²) >= 11 is 0. The Kier molecular flexibility index (Phi) is 5.81. The largest absolute Gasteiger partial charge is 0.468 e. The van der Waals surface area contributed by atoms with Crippen LogP contribution in [-0.2, 0) is 9.47 Å². The molecule has 2 aromatic rings. The van der Waals surface area contributed by atoms with E-state index in [2.05, 4.69) is 4.98 Å². The van der Waals surface area contributed by atoms with Gasteiger partial charge in [0.1, 0.15) is 11.9 Å². The molecular formula is C15H16N2O5. The predicted molar refractivity (Wildman–Crippen MR) is 79.7 cm³/mol. The summed E-state index contributed by atoms with van der Waals surface area (Å²) in [7, 11) is 1.61. The lowest BCUT2D eigenvalue weighted by atomic mass is 10.1. The van der Waals surface area contributed by atoms with Crippen molar-refractivity contribution in [1.82, 2.24) is 4.98 Å². The van der Waals surface area contributed by atoms with Crippen LogP contribution in [0.15, 0.2) is 42.6 Å². The molecule has 2 rings (SSSR count). The highest BCUT2D eigenvalue weighted by atomic mass is 16.7. The van der Waals surface area contributed by atoms with Crippen LogP contribution in [0.2, 0.25) is 0 Å². The SMILES string of the molecule is COCCOCOc1ccc(-c2ccc([N+](=O)[O-])cn2)cc1. The van der Waals surface area contributed by atoms with Gasteiger partial charge in [-0.25, -0.2) is 4.98 Å². The van der Waals surface area contributed by atoms with Crippen molar-refractivity contribution in [3.63, 3.8) is 0 Å². The van der Waals surface area contributed by atoms with Gasteiger partial charge in [0, 0.05) is 18.7 Å². The number of methoxy groups -OCH3 is 1. The monoisotopic (exact) mass is 304 g/mol. The van der Waals surface area contributed by atoms with E-state index >= 15 is 0 Å². The molecule has 0 fully saturated rings. The van der Waals surface area contributed by atoms with Crippen LogP contribution in [0.1, 0.15) is 0 Å². The molecule has 0 N–H and O–H groups in total. The normalized spacial score (nSPS) is 10.4. The molecular weight excluding hydrogens is 288 g/mol. The number of aromatic nitrogens is 1. The van der Waals surface area contributed by atoms with Crippen LogP contribution in [0.4, 0.5) is 5.69 Å². The third kappa shape index (κ3) is 4.51. The number of ether oxygens (including phenoxy) is 3. The van der Waals surface area contributed by atoms with Crippen LogP contribution in [0.5, 0.6) is 5.75 Å². The molecule has 22 heavy (non-hydrogen) atoms. The molecule has 0 spiro atoms. The van der Waals surface area contributed by atoms with E-state index in [1.807, 2.05) is 12.1 Å². The Morgan fingerprint density at radius 2 is 1.91 bits per heavy atom. The molecule has 0 atom stereocenters. The third-order valence-corrected chi connectivity index (χ3v) is 2.85. The van der Waals surface area contributed by atoms with Gasteiger partial charge >= 0.3 is 0 Å². The Morgan fingerprint density at radius 3 is 2.50 bits per heavy atom. The molecule has 0 unspecified atom stereocenters. The van der Waals surface area contributed by atoms with Crippen LogP contribution in [0.3, 0.4) is 0 Å². The molecule has 1 heterocycles. The van der Waals surface area contributed by atoms with Gasteiger partial charge in [0.15, 0.2) is 6.79 Å². The van der Waals surface area contributed by atoms with Crippen LogP contribution < -0.4 is 4.74 Å². The number of nitrogens with zero attached hydrogens (tertiary/aromatic N) is 2. The second kappa shape index (κ2) is 8.06. The van der Waals surface area contributed by atoms with Gasteiger partial charge in [-0.15, -0.1) is 0 Å². The maximum Gasteiger partial charge on any atom is 0.287 e. The van der Waals surface area contributed by atoms with Gasteiger partial charge < -0.3 is 14.2 Å². The number of hydrogen-bond acceptors (Lipinski definition) is 6. The molecule has 0 saturated carbocycles. The average Bonchev–Trinajstić information content (AvgIpc) is 2.55. The summed E-state index contributed by atoms with van der Waals surface area (Å²) < 4.78 is 15.5. The number of rotatable bonds is 8.